The first-order valence-electron chi connectivity index (χ1n) is 6.28. The van der Waals surface area contributed by atoms with Gasteiger partial charge in [-0.3, -0.25) is 0 Å². The Bertz CT molecular complexity index is 654. The molecule has 0 unspecified atom stereocenters. The van der Waals surface area contributed by atoms with Crippen LogP contribution >= 0.6 is 0 Å². The minimum atomic E-state index is -0.187. The van der Waals surface area contributed by atoms with Gasteiger partial charge >= 0.3 is 0 Å². The number of benzene rings is 1. The summed E-state index contributed by atoms with van der Waals surface area (Å²) in [7, 11) is 0. The van der Waals surface area contributed by atoms with Crippen LogP contribution in [0.5, 0.6) is 0 Å². The van der Waals surface area contributed by atoms with E-state index in [1.807, 2.05) is 6.07 Å². The highest BCUT2D eigenvalue weighted by atomic mass is 15.4. The summed E-state index contributed by atoms with van der Waals surface area (Å²) in [5, 5.41) is 17.3. The topological polar surface area (TPSA) is 54.5 Å². The molecule has 2 aromatic rings. The number of aryl methyl sites for hydroxylation is 2. The van der Waals surface area contributed by atoms with Gasteiger partial charge in [-0.25, -0.2) is 4.68 Å². The molecular weight excluding hydrogens is 236 g/mol. The van der Waals surface area contributed by atoms with Crippen molar-refractivity contribution in [2.45, 2.75) is 40.0 Å². The Morgan fingerprint density at radius 3 is 2.37 bits per heavy atom. The van der Waals surface area contributed by atoms with Crippen molar-refractivity contribution in [3.8, 4) is 11.8 Å². The van der Waals surface area contributed by atoms with Crippen LogP contribution in [0.25, 0.3) is 5.69 Å². The maximum atomic E-state index is 9.17. The number of nitriles is 1. The quantitative estimate of drug-likeness (QED) is 0.786. The Morgan fingerprint density at radius 1 is 1.16 bits per heavy atom. The lowest BCUT2D eigenvalue weighted by Crippen LogP contribution is -2.19. The number of rotatable bonds is 1. The molecule has 0 saturated heterocycles. The van der Waals surface area contributed by atoms with E-state index in [9.17, 15) is 5.26 Å². The van der Waals surface area contributed by atoms with Gasteiger partial charge in [0.1, 0.15) is 6.07 Å². The molecule has 0 amide bonds. The zero-order chi connectivity index (χ0) is 14.2. The van der Waals surface area contributed by atoms with E-state index < -0.39 is 0 Å². The Morgan fingerprint density at radius 2 is 1.84 bits per heavy atom. The monoisotopic (exact) mass is 254 g/mol. The van der Waals surface area contributed by atoms with Crippen molar-refractivity contribution in [3.05, 3.63) is 40.7 Å². The average molecular weight is 254 g/mol. The van der Waals surface area contributed by atoms with Crippen LogP contribution in [0.2, 0.25) is 0 Å². The summed E-state index contributed by atoms with van der Waals surface area (Å²) in [5.41, 5.74) is 4.44. The molecule has 4 nitrogen and oxygen atoms in total. The summed E-state index contributed by atoms with van der Waals surface area (Å²) >= 11 is 0. The highest BCUT2D eigenvalue weighted by molar-refractivity contribution is 5.43. The molecule has 0 atom stereocenters. The minimum absolute atomic E-state index is 0.187. The largest absolute Gasteiger partial charge is 0.216 e. The summed E-state index contributed by atoms with van der Waals surface area (Å²) in [6.07, 6.45) is 0. The van der Waals surface area contributed by atoms with E-state index in [-0.39, 0.29) is 5.41 Å². The van der Waals surface area contributed by atoms with Crippen LogP contribution in [0.4, 0.5) is 0 Å². The Labute approximate surface area is 113 Å². The van der Waals surface area contributed by atoms with Crippen molar-refractivity contribution in [1.82, 2.24) is 15.0 Å². The van der Waals surface area contributed by atoms with Gasteiger partial charge in [-0.2, -0.15) is 5.26 Å². The van der Waals surface area contributed by atoms with Gasteiger partial charge in [-0.1, -0.05) is 32.1 Å². The molecule has 98 valence electrons. The zero-order valence-corrected chi connectivity index (χ0v) is 12.0. The molecule has 0 bridgehead atoms. The van der Waals surface area contributed by atoms with E-state index in [0.717, 1.165) is 11.4 Å². The molecule has 19 heavy (non-hydrogen) atoms. The molecule has 0 saturated carbocycles. The fourth-order valence-electron chi connectivity index (χ4n) is 2.07. The van der Waals surface area contributed by atoms with Crippen LogP contribution in [0.3, 0.4) is 0 Å². The molecule has 0 radical (unpaired) electrons. The maximum Gasteiger partial charge on any atom is 0.186 e. The van der Waals surface area contributed by atoms with Crippen LogP contribution in [0.1, 0.15) is 43.3 Å². The van der Waals surface area contributed by atoms with E-state index in [1.54, 1.807) is 4.68 Å². The van der Waals surface area contributed by atoms with Gasteiger partial charge in [0.05, 0.1) is 11.4 Å². The summed E-state index contributed by atoms with van der Waals surface area (Å²) < 4.78 is 1.77. The Kier molecular flexibility index (Phi) is 3.15. The summed E-state index contributed by atoms with van der Waals surface area (Å²) in [6, 6.07) is 8.26. The van der Waals surface area contributed by atoms with E-state index in [2.05, 4.69) is 63.1 Å². The predicted molar refractivity (Wildman–Crippen MR) is 74.2 cm³/mol. The zero-order valence-electron chi connectivity index (χ0n) is 12.0. The third kappa shape index (κ3) is 2.37. The third-order valence-electron chi connectivity index (χ3n) is 3.22. The van der Waals surface area contributed by atoms with Crippen LogP contribution in [-0.2, 0) is 5.41 Å². The molecule has 1 heterocycles. The van der Waals surface area contributed by atoms with Crippen molar-refractivity contribution in [3.63, 3.8) is 0 Å². The minimum Gasteiger partial charge on any atom is -0.216 e. The molecule has 0 N–H and O–H groups in total. The van der Waals surface area contributed by atoms with Gasteiger partial charge in [-0.15, -0.1) is 5.10 Å². The SMILES string of the molecule is Cc1ccc(-n2nnc(C#N)c2C(C)(C)C)cc1C. The van der Waals surface area contributed by atoms with Crippen LogP contribution in [0, 0.1) is 25.2 Å². The van der Waals surface area contributed by atoms with E-state index in [1.165, 1.54) is 11.1 Å². The standard InChI is InChI=1S/C15H18N4/c1-10-6-7-12(8-11(10)2)19-14(15(3,4)5)13(9-16)17-18-19/h6-8H,1-5H3. The van der Waals surface area contributed by atoms with Crippen molar-refractivity contribution in [2.24, 2.45) is 0 Å². The van der Waals surface area contributed by atoms with Crippen LogP contribution in [-0.4, -0.2) is 15.0 Å². The van der Waals surface area contributed by atoms with Gasteiger partial charge in [0.15, 0.2) is 5.69 Å². The third-order valence-corrected chi connectivity index (χ3v) is 3.22. The second-order valence-electron chi connectivity index (χ2n) is 5.83. The molecule has 0 fully saturated rings. The smallest absolute Gasteiger partial charge is 0.186 e. The lowest BCUT2D eigenvalue weighted by Gasteiger charge is -2.20. The van der Waals surface area contributed by atoms with Crippen molar-refractivity contribution in [2.75, 3.05) is 0 Å². The predicted octanol–water partition coefficient (Wildman–Crippen LogP) is 3.05. The molecule has 0 aliphatic rings. The van der Waals surface area contributed by atoms with E-state index >= 15 is 0 Å². The van der Waals surface area contributed by atoms with E-state index in [0.29, 0.717) is 5.69 Å². The number of nitrogens with zero attached hydrogens (tertiary/aromatic N) is 4. The molecule has 2 rings (SSSR count). The van der Waals surface area contributed by atoms with Gasteiger partial charge in [0.2, 0.25) is 0 Å². The summed E-state index contributed by atoms with van der Waals surface area (Å²) in [6.45, 7) is 10.3. The highest BCUT2D eigenvalue weighted by Crippen LogP contribution is 2.27. The molecular formula is C15H18N4. The highest BCUT2D eigenvalue weighted by Gasteiger charge is 2.26. The lowest BCUT2D eigenvalue weighted by atomic mass is 9.90. The van der Waals surface area contributed by atoms with Crippen molar-refractivity contribution in [1.29, 1.82) is 5.26 Å². The summed E-state index contributed by atoms with van der Waals surface area (Å²) in [4.78, 5) is 0. The van der Waals surface area contributed by atoms with E-state index in [4.69, 9.17) is 0 Å². The number of hydrogen-bond acceptors (Lipinski definition) is 3. The average Bonchev–Trinajstić information content (AvgIpc) is 2.76. The molecule has 0 aliphatic carbocycles. The lowest BCUT2D eigenvalue weighted by molar-refractivity contribution is 0.541. The molecule has 1 aromatic carbocycles. The number of hydrogen-bond donors (Lipinski definition) is 0. The summed E-state index contributed by atoms with van der Waals surface area (Å²) in [5.74, 6) is 0. The first-order valence-corrected chi connectivity index (χ1v) is 6.28. The normalized spacial score (nSPS) is 11.4. The second-order valence-corrected chi connectivity index (χ2v) is 5.83. The first-order chi connectivity index (χ1) is 8.84. The number of aromatic nitrogens is 3. The Hall–Kier alpha value is -2.15. The first kappa shape index (κ1) is 13.3. The van der Waals surface area contributed by atoms with Gasteiger partial charge < -0.3 is 0 Å². The molecule has 0 spiro atoms. The van der Waals surface area contributed by atoms with Crippen molar-refractivity contribution < 1.29 is 0 Å². The van der Waals surface area contributed by atoms with Crippen LogP contribution < -0.4 is 0 Å². The van der Waals surface area contributed by atoms with Gasteiger partial charge in [0.25, 0.3) is 0 Å². The van der Waals surface area contributed by atoms with Gasteiger partial charge in [0, 0.05) is 5.41 Å². The second kappa shape index (κ2) is 4.51. The van der Waals surface area contributed by atoms with Crippen molar-refractivity contribution >= 4 is 0 Å². The molecule has 1 aromatic heterocycles. The molecule has 0 aliphatic heterocycles. The van der Waals surface area contributed by atoms with Crippen LogP contribution in [0.15, 0.2) is 18.2 Å². The fourth-order valence-corrected chi connectivity index (χ4v) is 2.07. The Balaban J connectivity index is 2.67. The van der Waals surface area contributed by atoms with Gasteiger partial charge in [-0.05, 0) is 37.1 Å². The maximum absolute atomic E-state index is 9.17. The fraction of sp³-hybridized carbons (Fsp3) is 0.400. The molecule has 4 heteroatoms.